The molecule has 0 saturated carbocycles. The summed E-state index contributed by atoms with van der Waals surface area (Å²) in [5.74, 6) is 0. The highest BCUT2D eigenvalue weighted by molar-refractivity contribution is 5.92. The first-order valence-corrected chi connectivity index (χ1v) is 5.65. The van der Waals surface area contributed by atoms with Crippen LogP contribution >= 0.6 is 0 Å². The minimum absolute atomic E-state index is 0.0474. The lowest BCUT2D eigenvalue weighted by molar-refractivity contribution is 0.247. The molecule has 2 amide bonds. The van der Waals surface area contributed by atoms with Gasteiger partial charge in [-0.05, 0) is 31.9 Å². The fourth-order valence-corrected chi connectivity index (χ4v) is 1.64. The van der Waals surface area contributed by atoms with E-state index in [-0.39, 0.29) is 6.03 Å². The van der Waals surface area contributed by atoms with Crippen molar-refractivity contribution >= 4 is 11.7 Å². The van der Waals surface area contributed by atoms with E-state index in [0.717, 1.165) is 17.7 Å². The van der Waals surface area contributed by atoms with Gasteiger partial charge in [-0.15, -0.1) is 0 Å². The molecule has 0 saturated heterocycles. The molecule has 1 aromatic carbocycles. The monoisotopic (exact) mass is 220 g/mol. The first-order chi connectivity index (χ1) is 7.56. The summed E-state index contributed by atoms with van der Waals surface area (Å²) in [5, 5.41) is 2.86. The molecule has 0 aliphatic heterocycles. The van der Waals surface area contributed by atoms with Gasteiger partial charge in [0.05, 0.1) is 0 Å². The number of rotatable bonds is 3. The average Bonchev–Trinajstić information content (AvgIpc) is 2.25. The minimum Gasteiger partial charge on any atom is -0.338 e. The van der Waals surface area contributed by atoms with Crippen LogP contribution in [0.1, 0.15) is 24.5 Å². The van der Waals surface area contributed by atoms with E-state index in [9.17, 15) is 4.79 Å². The van der Waals surface area contributed by atoms with Crippen molar-refractivity contribution in [3.8, 4) is 0 Å². The van der Waals surface area contributed by atoms with Gasteiger partial charge in [0.1, 0.15) is 0 Å². The standard InChI is InChI=1S/C13H20N2O/c1-5-8-14-13(16)15(4)12-7-6-10(2)9-11(12)3/h6-7,9H,5,8H2,1-4H3,(H,14,16). The summed E-state index contributed by atoms with van der Waals surface area (Å²) in [6, 6.07) is 6.04. The van der Waals surface area contributed by atoms with Gasteiger partial charge in [0.15, 0.2) is 0 Å². The van der Waals surface area contributed by atoms with Crippen LogP contribution in [-0.2, 0) is 0 Å². The summed E-state index contributed by atoms with van der Waals surface area (Å²) in [5.41, 5.74) is 3.29. The van der Waals surface area contributed by atoms with Gasteiger partial charge in [-0.2, -0.15) is 0 Å². The SMILES string of the molecule is CCCNC(=O)N(C)c1ccc(C)cc1C. The number of nitrogens with one attached hydrogen (secondary N) is 1. The summed E-state index contributed by atoms with van der Waals surface area (Å²) in [4.78, 5) is 13.4. The predicted octanol–water partition coefficient (Wildman–Crippen LogP) is 2.86. The van der Waals surface area contributed by atoms with Crippen molar-refractivity contribution in [1.82, 2.24) is 5.32 Å². The van der Waals surface area contributed by atoms with Crippen molar-refractivity contribution in [2.75, 3.05) is 18.5 Å². The zero-order valence-corrected chi connectivity index (χ0v) is 10.5. The molecule has 3 nitrogen and oxygen atoms in total. The van der Waals surface area contributed by atoms with E-state index in [1.165, 1.54) is 5.56 Å². The van der Waals surface area contributed by atoms with Crippen LogP contribution in [0.3, 0.4) is 0 Å². The summed E-state index contributed by atoms with van der Waals surface area (Å²) < 4.78 is 0. The molecule has 0 fully saturated rings. The number of aryl methyl sites for hydroxylation is 2. The third kappa shape index (κ3) is 2.99. The van der Waals surface area contributed by atoms with E-state index in [0.29, 0.717) is 6.54 Å². The lowest BCUT2D eigenvalue weighted by Gasteiger charge is -2.20. The van der Waals surface area contributed by atoms with E-state index in [1.807, 2.05) is 32.9 Å². The van der Waals surface area contributed by atoms with Gasteiger partial charge in [-0.1, -0.05) is 24.6 Å². The molecule has 0 aliphatic carbocycles. The molecule has 3 heteroatoms. The normalized spacial score (nSPS) is 10.0. The van der Waals surface area contributed by atoms with Crippen molar-refractivity contribution in [3.05, 3.63) is 29.3 Å². The number of hydrogen-bond acceptors (Lipinski definition) is 1. The number of carbonyl (C=O) groups excluding carboxylic acids is 1. The molecule has 0 spiro atoms. The Morgan fingerprint density at radius 3 is 2.62 bits per heavy atom. The van der Waals surface area contributed by atoms with Gasteiger partial charge in [0.2, 0.25) is 0 Å². The van der Waals surface area contributed by atoms with Gasteiger partial charge in [-0.25, -0.2) is 4.79 Å². The zero-order valence-electron chi connectivity index (χ0n) is 10.5. The van der Waals surface area contributed by atoms with E-state index in [1.54, 1.807) is 11.9 Å². The summed E-state index contributed by atoms with van der Waals surface area (Å²) in [6.45, 7) is 6.82. The number of hydrogen-bond donors (Lipinski definition) is 1. The average molecular weight is 220 g/mol. The lowest BCUT2D eigenvalue weighted by Crippen LogP contribution is -2.37. The number of nitrogens with zero attached hydrogens (tertiary/aromatic N) is 1. The summed E-state index contributed by atoms with van der Waals surface area (Å²) >= 11 is 0. The second-order valence-corrected chi connectivity index (χ2v) is 4.08. The quantitative estimate of drug-likeness (QED) is 0.834. The molecule has 0 bridgehead atoms. The molecule has 1 N–H and O–H groups in total. The molecule has 0 unspecified atom stereocenters. The van der Waals surface area contributed by atoms with Crippen molar-refractivity contribution in [2.45, 2.75) is 27.2 Å². The maximum absolute atomic E-state index is 11.8. The molecular weight excluding hydrogens is 200 g/mol. The Bertz CT molecular complexity index is 374. The Balaban J connectivity index is 2.79. The van der Waals surface area contributed by atoms with Crippen LogP contribution in [0.5, 0.6) is 0 Å². The van der Waals surface area contributed by atoms with Crippen LogP contribution < -0.4 is 10.2 Å². The Morgan fingerprint density at radius 2 is 2.06 bits per heavy atom. The lowest BCUT2D eigenvalue weighted by atomic mass is 10.1. The van der Waals surface area contributed by atoms with Gasteiger partial charge < -0.3 is 5.32 Å². The second kappa shape index (κ2) is 5.54. The second-order valence-electron chi connectivity index (χ2n) is 4.08. The van der Waals surface area contributed by atoms with Crippen molar-refractivity contribution in [3.63, 3.8) is 0 Å². The molecule has 16 heavy (non-hydrogen) atoms. The largest absolute Gasteiger partial charge is 0.338 e. The van der Waals surface area contributed by atoms with Gasteiger partial charge >= 0.3 is 6.03 Å². The molecule has 0 atom stereocenters. The molecule has 88 valence electrons. The van der Waals surface area contributed by atoms with Crippen LogP contribution in [0.15, 0.2) is 18.2 Å². The maximum Gasteiger partial charge on any atom is 0.321 e. The van der Waals surface area contributed by atoms with Gasteiger partial charge in [0.25, 0.3) is 0 Å². The summed E-state index contributed by atoms with van der Waals surface area (Å²) in [7, 11) is 1.79. The van der Waals surface area contributed by atoms with Crippen LogP contribution in [0.25, 0.3) is 0 Å². The Hall–Kier alpha value is -1.51. The number of anilines is 1. The third-order valence-electron chi connectivity index (χ3n) is 2.54. The highest BCUT2D eigenvalue weighted by Crippen LogP contribution is 2.19. The van der Waals surface area contributed by atoms with Crippen molar-refractivity contribution in [2.24, 2.45) is 0 Å². The predicted molar refractivity (Wildman–Crippen MR) is 68.0 cm³/mol. The fraction of sp³-hybridized carbons (Fsp3) is 0.462. The molecular formula is C13H20N2O. The Kier molecular flexibility index (Phi) is 4.35. The van der Waals surface area contributed by atoms with Crippen molar-refractivity contribution < 1.29 is 4.79 Å². The highest BCUT2D eigenvalue weighted by Gasteiger charge is 2.11. The summed E-state index contributed by atoms with van der Waals surface area (Å²) in [6.07, 6.45) is 0.951. The van der Waals surface area contributed by atoms with Gasteiger partial charge in [-0.3, -0.25) is 4.90 Å². The van der Waals surface area contributed by atoms with Crippen LogP contribution in [0, 0.1) is 13.8 Å². The number of benzene rings is 1. The smallest absolute Gasteiger partial charge is 0.321 e. The van der Waals surface area contributed by atoms with E-state index < -0.39 is 0 Å². The minimum atomic E-state index is -0.0474. The number of carbonyl (C=O) groups is 1. The molecule has 0 heterocycles. The fourth-order valence-electron chi connectivity index (χ4n) is 1.64. The number of amides is 2. The number of urea groups is 1. The molecule has 1 aromatic rings. The molecule has 0 aliphatic rings. The van der Waals surface area contributed by atoms with E-state index in [4.69, 9.17) is 0 Å². The molecule has 0 radical (unpaired) electrons. The Labute approximate surface area is 97.5 Å². The van der Waals surface area contributed by atoms with Gasteiger partial charge in [0, 0.05) is 19.3 Å². The first-order valence-electron chi connectivity index (χ1n) is 5.65. The zero-order chi connectivity index (χ0) is 12.1. The maximum atomic E-state index is 11.8. The highest BCUT2D eigenvalue weighted by atomic mass is 16.2. The van der Waals surface area contributed by atoms with Crippen LogP contribution in [-0.4, -0.2) is 19.6 Å². The van der Waals surface area contributed by atoms with Crippen LogP contribution in [0.4, 0.5) is 10.5 Å². The van der Waals surface area contributed by atoms with Crippen LogP contribution in [0.2, 0.25) is 0 Å². The topological polar surface area (TPSA) is 32.3 Å². The van der Waals surface area contributed by atoms with E-state index in [2.05, 4.69) is 11.4 Å². The van der Waals surface area contributed by atoms with Crippen molar-refractivity contribution in [1.29, 1.82) is 0 Å². The first kappa shape index (κ1) is 12.6. The molecule has 0 aromatic heterocycles. The van der Waals surface area contributed by atoms with E-state index >= 15 is 0 Å². The third-order valence-corrected chi connectivity index (χ3v) is 2.54. The Morgan fingerprint density at radius 1 is 1.38 bits per heavy atom. The molecule has 1 rings (SSSR count).